The van der Waals surface area contributed by atoms with E-state index in [4.69, 9.17) is 0 Å². The van der Waals surface area contributed by atoms with Crippen LogP contribution >= 0.6 is 0 Å². The Labute approximate surface area is 163 Å². The van der Waals surface area contributed by atoms with Gasteiger partial charge in [-0.3, -0.25) is 28.9 Å². The highest BCUT2D eigenvalue weighted by molar-refractivity contribution is 6.12. The molecule has 1 aliphatic rings. The topological polar surface area (TPSA) is 142 Å². The number of rotatable bonds is 12. The van der Waals surface area contributed by atoms with Crippen molar-refractivity contribution in [3.8, 4) is 0 Å². The van der Waals surface area contributed by atoms with Gasteiger partial charge in [-0.05, 0) is 26.7 Å². The van der Waals surface area contributed by atoms with Crippen molar-refractivity contribution in [2.75, 3.05) is 13.1 Å². The summed E-state index contributed by atoms with van der Waals surface area (Å²) in [6.45, 7) is 3.33. The third-order valence-corrected chi connectivity index (χ3v) is 3.96. The molecule has 1 aliphatic heterocycles. The van der Waals surface area contributed by atoms with Crippen LogP contribution in [0.25, 0.3) is 0 Å². The van der Waals surface area contributed by atoms with Crippen molar-refractivity contribution < 1.29 is 28.8 Å². The molecular formula is C18H26N4O6. The van der Waals surface area contributed by atoms with Gasteiger partial charge in [0.25, 0.3) is 11.8 Å². The second-order valence-corrected chi connectivity index (χ2v) is 6.44. The quantitative estimate of drug-likeness (QED) is 0.216. The van der Waals surface area contributed by atoms with Crippen LogP contribution in [0.3, 0.4) is 0 Å². The summed E-state index contributed by atoms with van der Waals surface area (Å²) in [7, 11) is 0. The van der Waals surface area contributed by atoms with Gasteiger partial charge in [0.05, 0.1) is 6.04 Å². The van der Waals surface area contributed by atoms with Gasteiger partial charge in [0, 0.05) is 38.1 Å². The van der Waals surface area contributed by atoms with Gasteiger partial charge in [-0.1, -0.05) is 0 Å². The Hall–Kier alpha value is -3.04. The van der Waals surface area contributed by atoms with E-state index < -0.39 is 29.8 Å². The number of imide groups is 1. The number of unbranched alkanes of at least 4 members (excludes halogenated alkanes) is 1. The van der Waals surface area contributed by atoms with Crippen molar-refractivity contribution >= 4 is 35.8 Å². The average molecular weight is 394 g/mol. The highest BCUT2D eigenvalue weighted by Gasteiger charge is 2.22. The second-order valence-electron chi connectivity index (χ2n) is 6.44. The molecule has 0 unspecified atom stereocenters. The van der Waals surface area contributed by atoms with Gasteiger partial charge in [0.2, 0.25) is 17.7 Å². The van der Waals surface area contributed by atoms with Crippen LogP contribution in [0, 0.1) is 0 Å². The molecule has 0 aromatic carbocycles. The number of hydrogen-bond acceptors (Lipinski definition) is 6. The lowest BCUT2D eigenvalue weighted by Crippen LogP contribution is -2.47. The van der Waals surface area contributed by atoms with Crippen molar-refractivity contribution in [1.29, 1.82) is 0 Å². The molecule has 0 aliphatic carbocycles. The molecule has 0 fully saturated rings. The fraction of sp³-hybridized carbons (Fsp3) is 0.556. The first-order valence-corrected chi connectivity index (χ1v) is 9.10. The minimum Gasteiger partial charge on any atom is -0.354 e. The van der Waals surface area contributed by atoms with E-state index in [2.05, 4.69) is 16.0 Å². The standard InChI is InChI=1S/C18H26N4O6/c1-12(11-23)20-18(28)13(2)21-15(25)6-4-3-5-14(24)19-9-10-22-16(26)7-8-17(22)27/h7-8,11-13H,3-6,9-10H2,1-2H3,(H,19,24)(H,20,28)(H,21,25)/t12-,13-/m0/s1. The summed E-state index contributed by atoms with van der Waals surface area (Å²) in [6, 6.07) is -1.38. The molecule has 5 amide bonds. The van der Waals surface area contributed by atoms with E-state index in [-0.39, 0.29) is 37.7 Å². The molecule has 28 heavy (non-hydrogen) atoms. The summed E-state index contributed by atoms with van der Waals surface area (Å²) in [5.74, 6) is -1.79. The number of amides is 5. The molecule has 0 aromatic rings. The first kappa shape index (κ1) is 23.0. The van der Waals surface area contributed by atoms with Crippen molar-refractivity contribution in [3.63, 3.8) is 0 Å². The Morgan fingerprint density at radius 2 is 1.57 bits per heavy atom. The Morgan fingerprint density at radius 1 is 1.00 bits per heavy atom. The summed E-state index contributed by atoms with van der Waals surface area (Å²) in [5, 5.41) is 7.58. The summed E-state index contributed by atoms with van der Waals surface area (Å²) >= 11 is 0. The first-order chi connectivity index (χ1) is 13.2. The number of hydrogen-bond donors (Lipinski definition) is 3. The molecule has 0 saturated carbocycles. The molecule has 2 atom stereocenters. The van der Waals surface area contributed by atoms with Gasteiger partial charge in [0.15, 0.2) is 0 Å². The largest absolute Gasteiger partial charge is 0.354 e. The minimum atomic E-state index is -0.760. The van der Waals surface area contributed by atoms with Crippen LogP contribution in [0.1, 0.15) is 39.5 Å². The van der Waals surface area contributed by atoms with Crippen molar-refractivity contribution in [1.82, 2.24) is 20.9 Å². The van der Waals surface area contributed by atoms with Gasteiger partial charge in [-0.2, -0.15) is 0 Å². The van der Waals surface area contributed by atoms with E-state index in [0.29, 0.717) is 19.1 Å². The zero-order valence-corrected chi connectivity index (χ0v) is 16.0. The monoisotopic (exact) mass is 394 g/mol. The molecule has 10 heteroatoms. The van der Waals surface area contributed by atoms with Gasteiger partial charge in [-0.15, -0.1) is 0 Å². The maximum absolute atomic E-state index is 11.8. The minimum absolute atomic E-state index is 0.113. The van der Waals surface area contributed by atoms with Crippen LogP contribution in [0.4, 0.5) is 0 Å². The van der Waals surface area contributed by atoms with Crippen molar-refractivity contribution in [3.05, 3.63) is 12.2 Å². The predicted molar refractivity (Wildman–Crippen MR) is 98.6 cm³/mol. The Morgan fingerprint density at radius 3 is 2.14 bits per heavy atom. The van der Waals surface area contributed by atoms with Gasteiger partial charge < -0.3 is 20.7 Å². The molecule has 0 aromatic heterocycles. The van der Waals surface area contributed by atoms with Crippen LogP contribution in [0.2, 0.25) is 0 Å². The van der Waals surface area contributed by atoms with E-state index in [0.717, 1.165) is 4.90 Å². The number of nitrogens with zero attached hydrogens (tertiary/aromatic N) is 1. The maximum atomic E-state index is 11.8. The fourth-order valence-electron chi connectivity index (χ4n) is 2.38. The molecule has 1 heterocycles. The number of nitrogens with one attached hydrogen (secondary N) is 3. The molecule has 154 valence electrons. The highest BCUT2D eigenvalue weighted by Crippen LogP contribution is 2.03. The maximum Gasteiger partial charge on any atom is 0.253 e. The van der Waals surface area contributed by atoms with E-state index in [1.165, 1.54) is 26.0 Å². The van der Waals surface area contributed by atoms with E-state index in [1.54, 1.807) is 0 Å². The van der Waals surface area contributed by atoms with Crippen molar-refractivity contribution in [2.24, 2.45) is 0 Å². The first-order valence-electron chi connectivity index (χ1n) is 9.10. The van der Waals surface area contributed by atoms with Gasteiger partial charge in [0.1, 0.15) is 12.3 Å². The molecule has 3 N–H and O–H groups in total. The SMILES string of the molecule is C[C@H](NC(=O)CCCCC(=O)NCCN1C(=O)C=CC1=O)C(=O)N[C@@H](C)C=O. The predicted octanol–water partition coefficient (Wildman–Crippen LogP) is -1.20. The van der Waals surface area contributed by atoms with Crippen LogP contribution in [0.5, 0.6) is 0 Å². The lowest BCUT2D eigenvalue weighted by molar-refractivity contribution is -0.137. The van der Waals surface area contributed by atoms with E-state index in [1.807, 2.05) is 0 Å². The van der Waals surface area contributed by atoms with Gasteiger partial charge >= 0.3 is 0 Å². The Balaban J connectivity index is 2.12. The smallest absolute Gasteiger partial charge is 0.253 e. The number of carbonyl (C=O) groups excluding carboxylic acids is 6. The Kier molecular flexibility index (Phi) is 9.55. The van der Waals surface area contributed by atoms with Crippen molar-refractivity contribution in [2.45, 2.75) is 51.6 Å². The molecule has 1 rings (SSSR count). The number of carbonyl (C=O) groups is 6. The Bertz CT molecular complexity index is 642. The molecule has 0 spiro atoms. The van der Waals surface area contributed by atoms with Crippen LogP contribution in [0.15, 0.2) is 12.2 Å². The summed E-state index contributed by atoms with van der Waals surface area (Å²) in [6.07, 6.45) is 4.27. The van der Waals surface area contributed by atoms with E-state index in [9.17, 15) is 28.8 Å². The summed E-state index contributed by atoms with van der Waals surface area (Å²) in [4.78, 5) is 69.5. The molecule has 0 saturated heterocycles. The molecule has 0 radical (unpaired) electrons. The molecular weight excluding hydrogens is 368 g/mol. The zero-order valence-electron chi connectivity index (χ0n) is 16.0. The fourth-order valence-corrected chi connectivity index (χ4v) is 2.38. The normalized spacial score (nSPS) is 15.1. The molecule has 10 nitrogen and oxygen atoms in total. The van der Waals surface area contributed by atoms with Gasteiger partial charge in [-0.25, -0.2) is 0 Å². The van der Waals surface area contributed by atoms with Crippen LogP contribution in [-0.2, 0) is 28.8 Å². The lowest BCUT2D eigenvalue weighted by atomic mass is 10.1. The second kappa shape index (κ2) is 11.6. The number of aldehydes is 1. The van der Waals surface area contributed by atoms with Crippen LogP contribution in [-0.4, -0.2) is 65.9 Å². The summed E-state index contributed by atoms with van der Waals surface area (Å²) in [5.41, 5.74) is 0. The zero-order chi connectivity index (χ0) is 21.1. The third-order valence-electron chi connectivity index (χ3n) is 3.96. The third kappa shape index (κ3) is 8.11. The summed E-state index contributed by atoms with van der Waals surface area (Å²) < 4.78 is 0. The van der Waals surface area contributed by atoms with Crippen LogP contribution < -0.4 is 16.0 Å². The molecule has 0 bridgehead atoms. The lowest BCUT2D eigenvalue weighted by Gasteiger charge is -2.15. The highest BCUT2D eigenvalue weighted by atomic mass is 16.2. The van der Waals surface area contributed by atoms with E-state index >= 15 is 0 Å². The average Bonchev–Trinajstić information content (AvgIpc) is 2.96.